The summed E-state index contributed by atoms with van der Waals surface area (Å²) >= 11 is 0. The predicted molar refractivity (Wildman–Crippen MR) is 94.0 cm³/mol. The molecule has 2 heterocycles. The maximum atomic E-state index is 11.5. The average molecular weight is 329 g/mol. The van der Waals surface area contributed by atoms with Crippen LogP contribution in [0.5, 0.6) is 5.75 Å². The van der Waals surface area contributed by atoms with Crippen LogP contribution in [-0.2, 0) is 0 Å². The number of carbonyl (C=O) groups excluding carboxylic acids is 1. The molecule has 1 saturated heterocycles. The number of ether oxygens (including phenoxy) is 1. The SMILES string of the molecule is COc1ccc(C(N)=O)cc1N1CCN(c2c(C)n[nH]c2C)CC1. The molecule has 1 fully saturated rings. The number of benzene rings is 1. The number of hydrogen-bond donors (Lipinski definition) is 2. The largest absolute Gasteiger partial charge is 0.495 e. The average Bonchev–Trinajstić information content (AvgIpc) is 2.93. The highest BCUT2D eigenvalue weighted by Gasteiger charge is 2.23. The van der Waals surface area contributed by atoms with Crippen molar-refractivity contribution in [2.45, 2.75) is 13.8 Å². The Morgan fingerprint density at radius 1 is 1.21 bits per heavy atom. The smallest absolute Gasteiger partial charge is 0.248 e. The van der Waals surface area contributed by atoms with Crippen LogP contribution in [0.4, 0.5) is 11.4 Å². The summed E-state index contributed by atoms with van der Waals surface area (Å²) in [5.74, 6) is 0.325. The molecule has 0 spiro atoms. The minimum Gasteiger partial charge on any atom is -0.495 e. The first-order valence-corrected chi connectivity index (χ1v) is 8.00. The Morgan fingerprint density at radius 2 is 1.88 bits per heavy atom. The van der Waals surface area contributed by atoms with Gasteiger partial charge in [0.2, 0.25) is 5.91 Å². The molecule has 128 valence electrons. The Labute approximate surface area is 141 Å². The zero-order chi connectivity index (χ0) is 17.3. The fraction of sp³-hybridized carbons (Fsp3) is 0.412. The van der Waals surface area contributed by atoms with E-state index in [1.807, 2.05) is 19.9 Å². The van der Waals surface area contributed by atoms with Gasteiger partial charge in [-0.1, -0.05) is 0 Å². The van der Waals surface area contributed by atoms with Gasteiger partial charge in [-0.3, -0.25) is 9.89 Å². The van der Waals surface area contributed by atoms with Gasteiger partial charge in [-0.05, 0) is 32.0 Å². The number of carbonyl (C=O) groups is 1. The number of piperazine rings is 1. The molecule has 0 radical (unpaired) electrons. The Bertz CT molecular complexity index is 728. The summed E-state index contributed by atoms with van der Waals surface area (Å²) in [4.78, 5) is 16.0. The van der Waals surface area contributed by atoms with E-state index < -0.39 is 5.91 Å². The number of H-pyrrole nitrogens is 1. The van der Waals surface area contributed by atoms with E-state index >= 15 is 0 Å². The first-order chi connectivity index (χ1) is 11.5. The van der Waals surface area contributed by atoms with Crippen molar-refractivity contribution in [3.8, 4) is 5.75 Å². The minimum absolute atomic E-state index is 0.429. The number of hydrogen-bond acceptors (Lipinski definition) is 5. The van der Waals surface area contributed by atoms with Crippen molar-refractivity contribution < 1.29 is 9.53 Å². The lowest BCUT2D eigenvalue weighted by molar-refractivity contribution is 0.100. The molecule has 1 aliphatic rings. The number of primary amides is 1. The van der Waals surface area contributed by atoms with Crippen LogP contribution in [0.3, 0.4) is 0 Å². The molecule has 0 saturated carbocycles. The molecule has 1 aromatic carbocycles. The lowest BCUT2D eigenvalue weighted by Gasteiger charge is -2.38. The molecule has 1 aliphatic heterocycles. The number of aromatic amines is 1. The van der Waals surface area contributed by atoms with E-state index in [4.69, 9.17) is 10.5 Å². The molecule has 7 heteroatoms. The second kappa shape index (κ2) is 6.43. The number of nitrogens with zero attached hydrogens (tertiary/aromatic N) is 3. The Kier molecular flexibility index (Phi) is 4.33. The van der Waals surface area contributed by atoms with Crippen molar-refractivity contribution in [1.29, 1.82) is 0 Å². The van der Waals surface area contributed by atoms with Crippen molar-refractivity contribution >= 4 is 17.3 Å². The van der Waals surface area contributed by atoms with Crippen LogP contribution in [0, 0.1) is 13.8 Å². The van der Waals surface area contributed by atoms with Crippen LogP contribution in [-0.4, -0.2) is 49.4 Å². The van der Waals surface area contributed by atoms with Gasteiger partial charge in [-0.25, -0.2) is 0 Å². The van der Waals surface area contributed by atoms with Crippen molar-refractivity contribution in [3.05, 3.63) is 35.2 Å². The normalized spacial score (nSPS) is 14.8. The number of methoxy groups -OCH3 is 1. The van der Waals surface area contributed by atoms with Crippen molar-refractivity contribution in [2.24, 2.45) is 5.73 Å². The number of anilines is 2. The molecule has 0 bridgehead atoms. The zero-order valence-corrected chi connectivity index (χ0v) is 14.3. The van der Waals surface area contributed by atoms with E-state index in [0.717, 1.165) is 49.0 Å². The Morgan fingerprint density at radius 3 is 2.42 bits per heavy atom. The number of nitrogens with one attached hydrogen (secondary N) is 1. The molecule has 1 amide bonds. The topological polar surface area (TPSA) is 87.5 Å². The van der Waals surface area contributed by atoms with E-state index in [1.54, 1.807) is 19.2 Å². The van der Waals surface area contributed by atoms with Crippen LogP contribution < -0.4 is 20.3 Å². The maximum Gasteiger partial charge on any atom is 0.248 e. The van der Waals surface area contributed by atoms with Crippen molar-refractivity contribution in [2.75, 3.05) is 43.1 Å². The molecule has 2 aromatic rings. The van der Waals surface area contributed by atoms with E-state index in [9.17, 15) is 4.79 Å². The fourth-order valence-corrected chi connectivity index (χ4v) is 3.27. The summed E-state index contributed by atoms with van der Waals surface area (Å²) in [6.45, 7) is 7.49. The monoisotopic (exact) mass is 329 g/mol. The number of aryl methyl sites for hydroxylation is 2. The molecule has 0 atom stereocenters. The lowest BCUT2D eigenvalue weighted by Crippen LogP contribution is -2.47. The molecule has 3 N–H and O–H groups in total. The van der Waals surface area contributed by atoms with E-state index in [0.29, 0.717) is 5.56 Å². The van der Waals surface area contributed by atoms with Gasteiger partial charge in [0.1, 0.15) is 5.75 Å². The minimum atomic E-state index is -0.429. The molecular weight excluding hydrogens is 306 g/mol. The van der Waals surface area contributed by atoms with Gasteiger partial charge in [0.25, 0.3) is 0 Å². The first-order valence-electron chi connectivity index (χ1n) is 8.00. The fourth-order valence-electron chi connectivity index (χ4n) is 3.27. The number of aromatic nitrogens is 2. The van der Waals surface area contributed by atoms with Gasteiger partial charge >= 0.3 is 0 Å². The molecule has 0 aliphatic carbocycles. The second-order valence-electron chi connectivity index (χ2n) is 6.01. The van der Waals surface area contributed by atoms with Gasteiger partial charge in [0, 0.05) is 31.7 Å². The van der Waals surface area contributed by atoms with Gasteiger partial charge in [-0.2, -0.15) is 5.10 Å². The van der Waals surface area contributed by atoms with Crippen LogP contribution in [0.15, 0.2) is 18.2 Å². The molecule has 24 heavy (non-hydrogen) atoms. The molecular formula is C17H23N5O2. The van der Waals surface area contributed by atoms with Crippen molar-refractivity contribution in [1.82, 2.24) is 10.2 Å². The molecule has 1 aromatic heterocycles. The van der Waals surface area contributed by atoms with Crippen LogP contribution in [0.2, 0.25) is 0 Å². The van der Waals surface area contributed by atoms with Gasteiger partial charge in [-0.15, -0.1) is 0 Å². The van der Waals surface area contributed by atoms with E-state index in [-0.39, 0.29) is 0 Å². The number of nitrogens with two attached hydrogens (primary N) is 1. The second-order valence-corrected chi connectivity index (χ2v) is 6.01. The first kappa shape index (κ1) is 16.2. The van der Waals surface area contributed by atoms with Gasteiger partial charge in [0.05, 0.1) is 29.9 Å². The maximum absolute atomic E-state index is 11.5. The predicted octanol–water partition coefficient (Wildman–Crippen LogP) is 1.46. The third-order valence-corrected chi connectivity index (χ3v) is 4.49. The Balaban J connectivity index is 1.79. The quantitative estimate of drug-likeness (QED) is 0.887. The summed E-state index contributed by atoms with van der Waals surface area (Å²) in [6.07, 6.45) is 0. The van der Waals surface area contributed by atoms with Gasteiger partial charge in [0.15, 0.2) is 0 Å². The molecule has 0 unspecified atom stereocenters. The van der Waals surface area contributed by atoms with Gasteiger partial charge < -0.3 is 20.3 Å². The zero-order valence-electron chi connectivity index (χ0n) is 14.3. The van der Waals surface area contributed by atoms with Crippen LogP contribution in [0.1, 0.15) is 21.7 Å². The summed E-state index contributed by atoms with van der Waals surface area (Å²) < 4.78 is 5.45. The van der Waals surface area contributed by atoms with E-state index in [1.165, 1.54) is 5.69 Å². The third-order valence-electron chi connectivity index (χ3n) is 4.49. The third kappa shape index (κ3) is 2.89. The standard InChI is InChI=1S/C17H23N5O2/c1-11-16(12(2)20-19-11)22-8-6-21(7-9-22)14-10-13(17(18)23)4-5-15(14)24-3/h4-5,10H,6-9H2,1-3H3,(H2,18,23)(H,19,20). The highest BCUT2D eigenvalue weighted by molar-refractivity contribution is 5.94. The molecule has 3 rings (SSSR count). The summed E-state index contributed by atoms with van der Waals surface area (Å²) in [5, 5.41) is 7.31. The Hall–Kier alpha value is -2.70. The highest BCUT2D eigenvalue weighted by atomic mass is 16.5. The summed E-state index contributed by atoms with van der Waals surface area (Å²) in [6, 6.07) is 5.30. The summed E-state index contributed by atoms with van der Waals surface area (Å²) in [7, 11) is 1.64. The van der Waals surface area contributed by atoms with Crippen LogP contribution in [0.25, 0.3) is 0 Å². The summed E-state index contributed by atoms with van der Waals surface area (Å²) in [5.41, 5.74) is 10.1. The highest BCUT2D eigenvalue weighted by Crippen LogP contribution is 2.31. The van der Waals surface area contributed by atoms with E-state index in [2.05, 4.69) is 20.0 Å². The number of rotatable bonds is 4. The lowest BCUT2D eigenvalue weighted by atomic mass is 10.1. The number of amides is 1. The van der Waals surface area contributed by atoms with Crippen molar-refractivity contribution in [3.63, 3.8) is 0 Å². The molecule has 7 nitrogen and oxygen atoms in total. The van der Waals surface area contributed by atoms with Crippen LogP contribution >= 0.6 is 0 Å².